The molecule has 0 saturated heterocycles. The molecule has 0 bridgehead atoms. The van der Waals surface area contributed by atoms with Crippen molar-refractivity contribution in [1.29, 1.82) is 0 Å². The summed E-state index contributed by atoms with van der Waals surface area (Å²) in [6, 6.07) is 16.9. The molecule has 0 spiro atoms. The maximum Gasteiger partial charge on any atom is 0.248 e. The van der Waals surface area contributed by atoms with Crippen molar-refractivity contribution in [1.82, 2.24) is 20.8 Å². The van der Waals surface area contributed by atoms with Crippen molar-refractivity contribution in [2.45, 2.75) is 26.0 Å². The Hall–Kier alpha value is -2.17. The largest absolute Gasteiger partial charge is 0.388 e. The minimum Gasteiger partial charge on any atom is -0.388 e. The summed E-state index contributed by atoms with van der Waals surface area (Å²) < 4.78 is 5.28. The monoisotopic (exact) mass is 541 g/mol. The van der Waals surface area contributed by atoms with Crippen molar-refractivity contribution >= 4 is 41.5 Å². The normalized spacial score (nSPS) is 12.2. The van der Waals surface area contributed by atoms with Crippen LogP contribution in [0.25, 0.3) is 11.4 Å². The van der Waals surface area contributed by atoms with Gasteiger partial charge in [-0.15, -0.1) is 24.0 Å². The minimum absolute atomic E-state index is 0. The summed E-state index contributed by atoms with van der Waals surface area (Å²) in [6.07, 6.45) is 0.0382. The van der Waals surface area contributed by atoms with Gasteiger partial charge in [-0.05, 0) is 31.0 Å². The summed E-state index contributed by atoms with van der Waals surface area (Å²) in [5, 5.41) is 21.2. The smallest absolute Gasteiger partial charge is 0.248 e. The summed E-state index contributed by atoms with van der Waals surface area (Å²) in [6.45, 7) is 3.51. The molecule has 30 heavy (non-hydrogen) atoms. The predicted octanol–water partition coefficient (Wildman–Crippen LogP) is 4.19. The van der Waals surface area contributed by atoms with Gasteiger partial charge in [-0.2, -0.15) is 4.98 Å². The first-order valence-corrected chi connectivity index (χ1v) is 9.87. The van der Waals surface area contributed by atoms with Gasteiger partial charge < -0.3 is 20.3 Å². The third kappa shape index (κ3) is 7.26. The second kappa shape index (κ2) is 12.5. The highest BCUT2D eigenvalue weighted by atomic mass is 127. The molecule has 1 atom stereocenters. The number of aliphatic hydroxyl groups is 1. The van der Waals surface area contributed by atoms with Crippen molar-refractivity contribution in [3.63, 3.8) is 0 Å². The van der Waals surface area contributed by atoms with Crippen LogP contribution in [0.2, 0.25) is 5.02 Å². The van der Waals surface area contributed by atoms with E-state index in [1.807, 2.05) is 49.4 Å². The summed E-state index contributed by atoms with van der Waals surface area (Å²) in [5.41, 5.74) is 1.69. The minimum atomic E-state index is -0.525. The second-order valence-electron chi connectivity index (χ2n) is 6.36. The quantitative estimate of drug-likeness (QED) is 0.225. The van der Waals surface area contributed by atoms with E-state index < -0.39 is 6.10 Å². The molecule has 0 aliphatic rings. The standard InChI is InChI=1S/C21H24ClN5O2.HI/c1-2-23-21(24-12-11-18(28)15-7-4-3-5-8-15)25-14-19-26-20(27-29-19)16-9-6-10-17(22)13-16;/h3-10,13,18,28H,2,11-12,14H2,1H3,(H2,23,24,25);1H. The number of aliphatic hydroxyl groups excluding tert-OH is 1. The van der Waals surface area contributed by atoms with Gasteiger partial charge in [-0.3, -0.25) is 0 Å². The fourth-order valence-corrected chi connectivity index (χ4v) is 2.91. The van der Waals surface area contributed by atoms with Crippen LogP contribution < -0.4 is 10.6 Å². The molecule has 0 aliphatic heterocycles. The first kappa shape index (κ1) is 24.1. The van der Waals surface area contributed by atoms with Gasteiger partial charge in [0.15, 0.2) is 5.96 Å². The third-order valence-corrected chi connectivity index (χ3v) is 4.40. The van der Waals surface area contributed by atoms with E-state index in [1.165, 1.54) is 0 Å². The van der Waals surface area contributed by atoms with Gasteiger partial charge in [0.2, 0.25) is 11.7 Å². The Morgan fingerprint density at radius 1 is 1.17 bits per heavy atom. The molecular formula is C21H25ClIN5O2. The molecule has 0 saturated carbocycles. The highest BCUT2D eigenvalue weighted by Crippen LogP contribution is 2.20. The van der Waals surface area contributed by atoms with Crippen molar-refractivity contribution in [3.05, 3.63) is 71.1 Å². The zero-order chi connectivity index (χ0) is 20.5. The average molecular weight is 542 g/mol. The SMILES string of the molecule is CCNC(=NCc1nc(-c2cccc(Cl)c2)no1)NCCC(O)c1ccccc1.I. The lowest BCUT2D eigenvalue weighted by Gasteiger charge is -2.14. The summed E-state index contributed by atoms with van der Waals surface area (Å²) in [7, 11) is 0. The van der Waals surface area contributed by atoms with E-state index in [-0.39, 0.29) is 30.5 Å². The van der Waals surface area contributed by atoms with Crippen LogP contribution in [0.3, 0.4) is 0 Å². The van der Waals surface area contributed by atoms with E-state index in [0.29, 0.717) is 42.2 Å². The van der Waals surface area contributed by atoms with Crippen LogP contribution in [-0.2, 0) is 6.54 Å². The molecule has 3 aromatic rings. The Morgan fingerprint density at radius 2 is 1.97 bits per heavy atom. The Bertz CT molecular complexity index is 936. The molecule has 0 radical (unpaired) electrons. The van der Waals surface area contributed by atoms with Crippen molar-refractivity contribution in [2.24, 2.45) is 4.99 Å². The number of aromatic nitrogens is 2. The Kier molecular flexibility index (Phi) is 10.0. The van der Waals surface area contributed by atoms with E-state index in [4.69, 9.17) is 16.1 Å². The van der Waals surface area contributed by atoms with Gasteiger partial charge in [-0.25, -0.2) is 4.99 Å². The van der Waals surface area contributed by atoms with Gasteiger partial charge in [0.25, 0.3) is 0 Å². The molecule has 3 N–H and O–H groups in total. The number of nitrogens with zero attached hydrogens (tertiary/aromatic N) is 3. The van der Waals surface area contributed by atoms with Gasteiger partial charge in [-0.1, -0.05) is 59.2 Å². The Labute approximate surface area is 198 Å². The number of guanidine groups is 1. The third-order valence-electron chi connectivity index (χ3n) is 4.16. The van der Waals surface area contributed by atoms with E-state index in [1.54, 1.807) is 12.1 Å². The number of aliphatic imine (C=N–C) groups is 1. The van der Waals surface area contributed by atoms with Crippen molar-refractivity contribution in [2.75, 3.05) is 13.1 Å². The fraction of sp³-hybridized carbons (Fsp3) is 0.286. The number of hydrogen-bond donors (Lipinski definition) is 3. The molecule has 2 aromatic carbocycles. The van der Waals surface area contributed by atoms with E-state index >= 15 is 0 Å². The summed E-state index contributed by atoms with van der Waals surface area (Å²) in [4.78, 5) is 8.83. The Morgan fingerprint density at radius 3 is 2.70 bits per heavy atom. The number of halogens is 2. The number of benzene rings is 2. The number of rotatable bonds is 8. The Balaban J connectivity index is 0.00000320. The molecule has 9 heteroatoms. The molecule has 0 amide bonds. The highest BCUT2D eigenvalue weighted by molar-refractivity contribution is 14.0. The molecule has 160 valence electrons. The van der Waals surface area contributed by atoms with E-state index in [0.717, 1.165) is 11.1 Å². The average Bonchev–Trinajstić information content (AvgIpc) is 3.22. The molecular weight excluding hydrogens is 517 g/mol. The maximum atomic E-state index is 10.3. The van der Waals surface area contributed by atoms with Crippen molar-refractivity contribution < 1.29 is 9.63 Å². The molecule has 1 unspecified atom stereocenters. The first-order chi connectivity index (χ1) is 14.2. The lowest BCUT2D eigenvalue weighted by atomic mass is 10.1. The number of hydrogen-bond acceptors (Lipinski definition) is 5. The second-order valence-corrected chi connectivity index (χ2v) is 6.80. The first-order valence-electron chi connectivity index (χ1n) is 9.49. The van der Waals surface area contributed by atoms with E-state index in [9.17, 15) is 5.11 Å². The summed E-state index contributed by atoms with van der Waals surface area (Å²) >= 11 is 6.01. The summed E-state index contributed by atoms with van der Waals surface area (Å²) in [5.74, 6) is 1.50. The number of nitrogens with one attached hydrogen (secondary N) is 2. The van der Waals surface area contributed by atoms with Crippen LogP contribution in [0.1, 0.15) is 30.9 Å². The lowest BCUT2D eigenvalue weighted by Crippen LogP contribution is -2.38. The zero-order valence-electron chi connectivity index (χ0n) is 16.6. The van der Waals surface area contributed by atoms with Crippen LogP contribution in [0.15, 0.2) is 64.1 Å². The van der Waals surface area contributed by atoms with Crippen molar-refractivity contribution in [3.8, 4) is 11.4 Å². The molecule has 1 heterocycles. The zero-order valence-corrected chi connectivity index (χ0v) is 19.7. The van der Waals surface area contributed by atoms with Crippen LogP contribution >= 0.6 is 35.6 Å². The molecule has 3 rings (SSSR count). The maximum absolute atomic E-state index is 10.3. The van der Waals surface area contributed by atoms with Crippen LogP contribution in [0.4, 0.5) is 0 Å². The topological polar surface area (TPSA) is 95.6 Å². The molecule has 7 nitrogen and oxygen atoms in total. The van der Waals surface area contributed by atoms with Gasteiger partial charge in [0.05, 0.1) is 6.10 Å². The molecule has 1 aromatic heterocycles. The molecule has 0 fully saturated rings. The highest BCUT2D eigenvalue weighted by Gasteiger charge is 2.10. The predicted molar refractivity (Wildman–Crippen MR) is 129 cm³/mol. The van der Waals surface area contributed by atoms with Gasteiger partial charge >= 0.3 is 0 Å². The van der Waals surface area contributed by atoms with E-state index in [2.05, 4.69) is 25.8 Å². The molecule has 0 aliphatic carbocycles. The van der Waals surface area contributed by atoms with Gasteiger partial charge in [0.1, 0.15) is 6.54 Å². The van der Waals surface area contributed by atoms with Crippen LogP contribution in [0.5, 0.6) is 0 Å². The van der Waals surface area contributed by atoms with Crippen LogP contribution in [-0.4, -0.2) is 34.3 Å². The fourth-order valence-electron chi connectivity index (χ4n) is 2.72. The van der Waals surface area contributed by atoms with Crippen LogP contribution in [0, 0.1) is 0 Å². The lowest BCUT2D eigenvalue weighted by molar-refractivity contribution is 0.168. The van der Waals surface area contributed by atoms with Gasteiger partial charge in [0, 0.05) is 23.7 Å².